The van der Waals surface area contributed by atoms with Gasteiger partial charge in [-0.1, -0.05) is 48.5 Å². The predicted molar refractivity (Wildman–Crippen MR) is 143 cm³/mol. The Balaban J connectivity index is 1.32. The summed E-state index contributed by atoms with van der Waals surface area (Å²) in [5.74, 6) is -1.04. The largest absolute Gasteiger partial charge is 0.497 e. The maximum absolute atomic E-state index is 13.8. The number of hydrogen-bond donors (Lipinski definition) is 0. The average molecular weight is 521 g/mol. The summed E-state index contributed by atoms with van der Waals surface area (Å²) in [7, 11) is 1.55. The van der Waals surface area contributed by atoms with E-state index in [1.165, 1.54) is 4.90 Å². The van der Waals surface area contributed by atoms with Gasteiger partial charge in [-0.2, -0.15) is 0 Å². The highest BCUT2D eigenvalue weighted by atomic mass is 16.7. The Morgan fingerprint density at radius 2 is 1.33 bits per heavy atom. The van der Waals surface area contributed by atoms with Crippen LogP contribution in [0.2, 0.25) is 0 Å². The molecule has 2 fully saturated rings. The molecule has 0 unspecified atom stereocenters. The van der Waals surface area contributed by atoms with Crippen LogP contribution in [-0.4, -0.2) is 31.0 Å². The third-order valence-corrected chi connectivity index (χ3v) is 6.90. The highest BCUT2D eigenvalue weighted by molar-refractivity contribution is 6.24. The van der Waals surface area contributed by atoms with Crippen molar-refractivity contribution in [2.45, 2.75) is 12.1 Å². The highest BCUT2D eigenvalue weighted by Gasteiger charge is 2.60. The van der Waals surface area contributed by atoms with E-state index in [1.807, 2.05) is 36.4 Å². The van der Waals surface area contributed by atoms with Crippen molar-refractivity contribution in [2.24, 2.45) is 5.92 Å². The lowest BCUT2D eigenvalue weighted by Gasteiger charge is -2.28. The van der Waals surface area contributed by atoms with Gasteiger partial charge in [0.1, 0.15) is 17.4 Å². The standard InChI is InChI=1S/C31H24N2O6/c1-37-24-18-14-22(15-19-24)32-29(34)26-27(33(39-28(26)30(32)35)23-10-6-3-7-11-23)20-12-16-25(17-13-20)38-31(36)21-8-4-2-5-9-21/h2-19,26-28H,1H3/t26-,27-,28-/m1/s1. The molecular weight excluding hydrogens is 496 g/mol. The van der Waals surface area contributed by atoms with Gasteiger partial charge >= 0.3 is 5.97 Å². The Labute approximate surface area is 224 Å². The van der Waals surface area contributed by atoms with Gasteiger partial charge in [-0.25, -0.2) is 14.8 Å². The first-order valence-electron chi connectivity index (χ1n) is 12.5. The summed E-state index contributed by atoms with van der Waals surface area (Å²) >= 11 is 0. The number of benzene rings is 4. The molecule has 6 rings (SSSR count). The van der Waals surface area contributed by atoms with Gasteiger partial charge in [0.15, 0.2) is 6.10 Å². The van der Waals surface area contributed by atoms with E-state index in [0.717, 1.165) is 5.56 Å². The second-order valence-electron chi connectivity index (χ2n) is 9.19. The molecule has 2 saturated heterocycles. The van der Waals surface area contributed by atoms with E-state index < -0.39 is 29.9 Å². The number of anilines is 2. The number of fused-ring (bicyclic) bond motifs is 1. The summed E-state index contributed by atoms with van der Waals surface area (Å²) in [5, 5.41) is 1.63. The van der Waals surface area contributed by atoms with Crippen LogP contribution in [0, 0.1) is 5.92 Å². The molecule has 0 N–H and O–H groups in total. The normalized spacial score (nSPS) is 20.2. The number of hydroxylamine groups is 1. The number of rotatable bonds is 6. The molecule has 0 saturated carbocycles. The predicted octanol–water partition coefficient (Wildman–Crippen LogP) is 4.97. The van der Waals surface area contributed by atoms with Crippen LogP contribution < -0.4 is 19.4 Å². The third kappa shape index (κ3) is 4.41. The maximum Gasteiger partial charge on any atom is 0.343 e. The molecule has 2 heterocycles. The Hall–Kier alpha value is -4.95. The smallest absolute Gasteiger partial charge is 0.343 e. The summed E-state index contributed by atoms with van der Waals surface area (Å²) in [6.45, 7) is 0. The second-order valence-corrected chi connectivity index (χ2v) is 9.19. The number of hydrogen-bond acceptors (Lipinski definition) is 7. The van der Waals surface area contributed by atoms with Crippen LogP contribution in [0.15, 0.2) is 109 Å². The van der Waals surface area contributed by atoms with Gasteiger partial charge in [0.05, 0.1) is 30.1 Å². The summed E-state index contributed by atoms with van der Waals surface area (Å²) < 4.78 is 10.7. The van der Waals surface area contributed by atoms with Gasteiger partial charge in [0.2, 0.25) is 5.91 Å². The molecule has 0 aromatic heterocycles. The van der Waals surface area contributed by atoms with Crippen LogP contribution in [0.3, 0.4) is 0 Å². The number of carbonyl (C=O) groups is 3. The Morgan fingerprint density at radius 1 is 0.718 bits per heavy atom. The number of ether oxygens (including phenoxy) is 2. The Bertz CT molecular complexity index is 1510. The lowest BCUT2D eigenvalue weighted by molar-refractivity contribution is -0.126. The fraction of sp³-hybridized carbons (Fsp3) is 0.129. The molecule has 194 valence electrons. The second kappa shape index (κ2) is 10.1. The third-order valence-electron chi connectivity index (χ3n) is 6.90. The number of amides is 2. The Morgan fingerprint density at radius 3 is 1.97 bits per heavy atom. The van der Waals surface area contributed by atoms with Crippen LogP contribution in [0.25, 0.3) is 0 Å². The van der Waals surface area contributed by atoms with Gasteiger partial charge in [0, 0.05) is 0 Å². The molecule has 2 amide bonds. The lowest BCUT2D eigenvalue weighted by atomic mass is 9.90. The number of esters is 1. The highest BCUT2D eigenvalue weighted by Crippen LogP contribution is 2.47. The van der Waals surface area contributed by atoms with Crippen molar-refractivity contribution >= 4 is 29.2 Å². The van der Waals surface area contributed by atoms with E-state index in [4.69, 9.17) is 14.3 Å². The van der Waals surface area contributed by atoms with Crippen LogP contribution in [0.5, 0.6) is 11.5 Å². The first-order chi connectivity index (χ1) is 19.0. The van der Waals surface area contributed by atoms with Crippen molar-refractivity contribution in [3.63, 3.8) is 0 Å². The van der Waals surface area contributed by atoms with Crippen molar-refractivity contribution in [1.82, 2.24) is 0 Å². The molecule has 0 bridgehead atoms. The molecule has 8 heteroatoms. The average Bonchev–Trinajstić information content (AvgIpc) is 3.50. The molecule has 4 aromatic carbocycles. The zero-order valence-electron chi connectivity index (χ0n) is 21.0. The summed E-state index contributed by atoms with van der Waals surface area (Å²) in [4.78, 5) is 47.1. The number of imide groups is 1. The molecule has 2 aliphatic rings. The van der Waals surface area contributed by atoms with Gasteiger partial charge in [-0.3, -0.25) is 14.4 Å². The van der Waals surface area contributed by atoms with E-state index in [-0.39, 0.29) is 5.91 Å². The minimum atomic E-state index is -0.986. The number of nitrogens with zero attached hydrogens (tertiary/aromatic N) is 2. The fourth-order valence-electron chi connectivity index (χ4n) is 5.01. The maximum atomic E-state index is 13.8. The van der Waals surface area contributed by atoms with E-state index >= 15 is 0 Å². The molecule has 0 radical (unpaired) electrons. The van der Waals surface area contributed by atoms with E-state index in [0.29, 0.717) is 28.4 Å². The van der Waals surface area contributed by atoms with Crippen molar-refractivity contribution in [1.29, 1.82) is 0 Å². The molecule has 39 heavy (non-hydrogen) atoms. The SMILES string of the molecule is COc1ccc(N2C(=O)[C@@H]3[C@@H](c4ccc(OC(=O)c5ccccc5)cc4)N(c4ccccc4)O[C@H]3C2=O)cc1. The summed E-state index contributed by atoms with van der Waals surface area (Å²) in [6.07, 6.45) is -0.986. The summed E-state index contributed by atoms with van der Waals surface area (Å²) in [5.41, 5.74) is 2.35. The first kappa shape index (κ1) is 24.4. The molecule has 4 aromatic rings. The van der Waals surface area contributed by atoms with Gasteiger partial charge in [0.25, 0.3) is 5.91 Å². The summed E-state index contributed by atoms with van der Waals surface area (Å²) in [6, 6.07) is 31.2. The molecule has 8 nitrogen and oxygen atoms in total. The number of methoxy groups -OCH3 is 1. The van der Waals surface area contributed by atoms with E-state index in [2.05, 4.69) is 0 Å². The van der Waals surface area contributed by atoms with Crippen molar-refractivity contribution in [3.05, 3.63) is 120 Å². The van der Waals surface area contributed by atoms with Crippen molar-refractivity contribution in [3.8, 4) is 11.5 Å². The van der Waals surface area contributed by atoms with Crippen LogP contribution in [-0.2, 0) is 14.4 Å². The molecule has 0 aliphatic carbocycles. The molecule has 3 atom stereocenters. The fourth-order valence-corrected chi connectivity index (χ4v) is 5.01. The van der Waals surface area contributed by atoms with Crippen LogP contribution >= 0.6 is 0 Å². The van der Waals surface area contributed by atoms with Crippen molar-refractivity contribution < 1.29 is 28.7 Å². The molecule has 0 spiro atoms. The molecular formula is C31H24N2O6. The molecule has 2 aliphatic heterocycles. The van der Waals surface area contributed by atoms with Gasteiger partial charge in [-0.05, 0) is 66.2 Å². The minimum Gasteiger partial charge on any atom is -0.497 e. The number of para-hydroxylation sites is 1. The van der Waals surface area contributed by atoms with Gasteiger partial charge < -0.3 is 9.47 Å². The monoisotopic (exact) mass is 520 g/mol. The Kier molecular flexibility index (Phi) is 6.30. The van der Waals surface area contributed by atoms with E-state index in [1.54, 1.807) is 85.0 Å². The lowest BCUT2D eigenvalue weighted by Crippen LogP contribution is -2.37. The van der Waals surface area contributed by atoms with Crippen molar-refractivity contribution in [2.75, 3.05) is 17.1 Å². The van der Waals surface area contributed by atoms with Gasteiger partial charge in [-0.15, -0.1) is 0 Å². The quantitative estimate of drug-likeness (QED) is 0.202. The first-order valence-corrected chi connectivity index (χ1v) is 12.5. The van der Waals surface area contributed by atoms with E-state index in [9.17, 15) is 14.4 Å². The minimum absolute atomic E-state index is 0.349. The van der Waals surface area contributed by atoms with Crippen LogP contribution in [0.4, 0.5) is 11.4 Å². The zero-order valence-corrected chi connectivity index (χ0v) is 21.0. The van der Waals surface area contributed by atoms with Crippen LogP contribution in [0.1, 0.15) is 22.0 Å². The number of carbonyl (C=O) groups excluding carboxylic acids is 3. The topological polar surface area (TPSA) is 85.4 Å². The zero-order chi connectivity index (χ0) is 26.9.